The average molecular weight is 175 g/mol. The topological polar surface area (TPSA) is 20.2 Å². The van der Waals surface area contributed by atoms with Crippen LogP contribution in [0.4, 0.5) is 0 Å². The van der Waals surface area contributed by atoms with E-state index >= 15 is 0 Å². The van der Waals surface area contributed by atoms with E-state index < -0.39 is 0 Å². The van der Waals surface area contributed by atoms with E-state index in [9.17, 15) is 0 Å². The molecule has 0 aromatic rings. The molecular formula is C9H15ClO. The monoisotopic (exact) mass is 174 g/mol. The Labute approximate surface area is 72.7 Å². The Hall–Kier alpha value is 0.250. The summed E-state index contributed by atoms with van der Waals surface area (Å²) in [4.78, 5) is 0. The zero-order valence-corrected chi connectivity index (χ0v) is 7.43. The number of alkyl halides is 1. The number of rotatable bonds is 1. The lowest BCUT2D eigenvalue weighted by molar-refractivity contribution is 0.191. The highest BCUT2D eigenvalue weighted by molar-refractivity contribution is 6.21. The van der Waals surface area contributed by atoms with Gasteiger partial charge in [0.25, 0.3) is 0 Å². The van der Waals surface area contributed by atoms with Crippen LogP contribution in [0.2, 0.25) is 0 Å². The van der Waals surface area contributed by atoms with E-state index in [0.29, 0.717) is 29.7 Å². The van der Waals surface area contributed by atoms with Gasteiger partial charge in [-0.2, -0.15) is 0 Å². The maximum Gasteiger partial charge on any atom is 0.0462 e. The number of hydrogen-bond acceptors (Lipinski definition) is 1. The van der Waals surface area contributed by atoms with Crippen molar-refractivity contribution in [1.29, 1.82) is 0 Å². The zero-order valence-electron chi connectivity index (χ0n) is 6.67. The lowest BCUT2D eigenvalue weighted by Gasteiger charge is -2.25. The summed E-state index contributed by atoms with van der Waals surface area (Å²) in [5.74, 6) is 1.86. The number of hydrogen-bond donors (Lipinski definition) is 1. The summed E-state index contributed by atoms with van der Waals surface area (Å²) in [5.41, 5.74) is 0. The van der Waals surface area contributed by atoms with Gasteiger partial charge in [0.1, 0.15) is 0 Å². The fourth-order valence-corrected chi connectivity index (χ4v) is 3.36. The molecule has 1 N–H and O–H groups in total. The fourth-order valence-electron chi connectivity index (χ4n) is 2.80. The van der Waals surface area contributed by atoms with Crippen LogP contribution in [-0.2, 0) is 0 Å². The quantitative estimate of drug-likeness (QED) is 0.604. The molecule has 0 heterocycles. The molecule has 0 aliphatic heterocycles. The van der Waals surface area contributed by atoms with Crippen molar-refractivity contribution in [3.8, 4) is 0 Å². The normalized spacial score (nSPS) is 49.6. The molecule has 0 aromatic heterocycles. The standard InChI is InChI=1S/C9H15ClO/c10-9-6-2-1-3-8(9)7(4-6)5-11/h6-9,11H,1-5H2/t6-,7-,8+,9-/m0/s1. The largest absolute Gasteiger partial charge is 0.396 e. The molecule has 0 saturated heterocycles. The minimum atomic E-state index is 0.352. The van der Waals surface area contributed by atoms with Gasteiger partial charge in [-0.05, 0) is 37.0 Å². The summed E-state index contributed by atoms with van der Waals surface area (Å²) >= 11 is 6.24. The van der Waals surface area contributed by atoms with Gasteiger partial charge in [0, 0.05) is 12.0 Å². The lowest BCUT2D eigenvalue weighted by atomic mass is 9.87. The molecule has 2 aliphatic rings. The Morgan fingerprint density at radius 1 is 1.36 bits per heavy atom. The maximum absolute atomic E-state index is 9.07. The van der Waals surface area contributed by atoms with Gasteiger partial charge in [0.05, 0.1) is 0 Å². The summed E-state index contributed by atoms with van der Waals surface area (Å²) in [5, 5.41) is 9.45. The molecular weight excluding hydrogens is 160 g/mol. The van der Waals surface area contributed by atoms with Crippen molar-refractivity contribution in [1.82, 2.24) is 0 Å². The highest BCUT2D eigenvalue weighted by atomic mass is 35.5. The average Bonchev–Trinajstić information content (AvgIpc) is 2.23. The van der Waals surface area contributed by atoms with Crippen molar-refractivity contribution in [2.45, 2.75) is 31.1 Å². The Bertz CT molecular complexity index is 148. The maximum atomic E-state index is 9.07. The van der Waals surface area contributed by atoms with E-state index in [1.807, 2.05) is 0 Å². The van der Waals surface area contributed by atoms with E-state index in [4.69, 9.17) is 16.7 Å². The highest BCUT2D eigenvalue weighted by Crippen LogP contribution is 2.48. The molecule has 0 aromatic carbocycles. The first kappa shape index (κ1) is 7.88. The van der Waals surface area contributed by atoms with Crippen molar-refractivity contribution < 1.29 is 5.11 Å². The van der Waals surface area contributed by atoms with Gasteiger partial charge >= 0.3 is 0 Å². The number of aliphatic hydroxyl groups is 1. The second kappa shape index (κ2) is 2.95. The summed E-state index contributed by atoms with van der Waals surface area (Å²) in [6, 6.07) is 0. The molecule has 2 fully saturated rings. The van der Waals surface area contributed by atoms with Crippen LogP contribution in [0.3, 0.4) is 0 Å². The van der Waals surface area contributed by atoms with E-state index in [2.05, 4.69) is 0 Å². The summed E-state index contributed by atoms with van der Waals surface area (Å²) in [6.07, 6.45) is 5.04. The van der Waals surface area contributed by atoms with Crippen molar-refractivity contribution in [3.63, 3.8) is 0 Å². The molecule has 1 nitrogen and oxygen atoms in total. The van der Waals surface area contributed by atoms with Gasteiger partial charge in [-0.15, -0.1) is 11.6 Å². The molecule has 64 valence electrons. The van der Waals surface area contributed by atoms with Gasteiger partial charge in [-0.3, -0.25) is 0 Å². The summed E-state index contributed by atoms with van der Waals surface area (Å²) < 4.78 is 0. The van der Waals surface area contributed by atoms with Crippen LogP contribution in [0.15, 0.2) is 0 Å². The van der Waals surface area contributed by atoms with Gasteiger partial charge in [0.2, 0.25) is 0 Å². The van der Waals surface area contributed by atoms with E-state index in [1.165, 1.54) is 25.7 Å². The second-order valence-corrected chi connectivity index (χ2v) is 4.48. The molecule has 0 spiro atoms. The Morgan fingerprint density at radius 3 is 2.82 bits per heavy atom. The van der Waals surface area contributed by atoms with Gasteiger partial charge in [0.15, 0.2) is 0 Å². The molecule has 4 atom stereocenters. The Morgan fingerprint density at radius 2 is 2.18 bits per heavy atom. The second-order valence-electron chi connectivity index (χ2n) is 3.98. The first-order chi connectivity index (χ1) is 5.33. The molecule has 2 bridgehead atoms. The number of halogens is 1. The van der Waals surface area contributed by atoms with Crippen molar-refractivity contribution >= 4 is 11.6 Å². The third-order valence-electron chi connectivity index (χ3n) is 3.42. The summed E-state index contributed by atoms with van der Waals surface area (Å²) in [6.45, 7) is 0.352. The first-order valence-electron chi connectivity index (χ1n) is 4.58. The van der Waals surface area contributed by atoms with Crippen LogP contribution < -0.4 is 0 Å². The smallest absolute Gasteiger partial charge is 0.0462 e. The van der Waals surface area contributed by atoms with Crippen LogP contribution in [0.25, 0.3) is 0 Å². The zero-order chi connectivity index (χ0) is 7.84. The minimum absolute atomic E-state index is 0.352. The first-order valence-corrected chi connectivity index (χ1v) is 5.01. The van der Waals surface area contributed by atoms with Gasteiger partial charge in [-0.25, -0.2) is 0 Å². The predicted molar refractivity (Wildman–Crippen MR) is 45.7 cm³/mol. The Balaban J connectivity index is 2.09. The molecule has 2 rings (SSSR count). The van der Waals surface area contributed by atoms with Crippen molar-refractivity contribution in [2.75, 3.05) is 6.61 Å². The Kier molecular flexibility index (Phi) is 2.11. The van der Waals surface area contributed by atoms with Gasteiger partial charge < -0.3 is 5.11 Å². The molecule has 0 unspecified atom stereocenters. The van der Waals surface area contributed by atoms with Crippen molar-refractivity contribution in [2.24, 2.45) is 17.8 Å². The SMILES string of the molecule is OC[C@@H]1C[C@@H]2CCC[C@H]1[C@H]2Cl. The molecule has 2 aliphatic carbocycles. The highest BCUT2D eigenvalue weighted by Gasteiger charge is 2.43. The summed E-state index contributed by atoms with van der Waals surface area (Å²) in [7, 11) is 0. The van der Waals surface area contributed by atoms with E-state index in [0.717, 1.165) is 0 Å². The molecule has 0 amide bonds. The van der Waals surface area contributed by atoms with E-state index in [1.54, 1.807) is 0 Å². The lowest BCUT2D eigenvalue weighted by Crippen LogP contribution is -2.23. The van der Waals surface area contributed by atoms with Crippen LogP contribution in [0.5, 0.6) is 0 Å². The number of fused-ring (bicyclic) bond motifs is 2. The molecule has 2 heteroatoms. The van der Waals surface area contributed by atoms with Crippen LogP contribution in [0.1, 0.15) is 25.7 Å². The molecule has 2 saturated carbocycles. The molecule has 11 heavy (non-hydrogen) atoms. The van der Waals surface area contributed by atoms with E-state index in [-0.39, 0.29) is 0 Å². The number of aliphatic hydroxyl groups excluding tert-OH is 1. The predicted octanol–water partition coefficient (Wildman–Crippen LogP) is 2.02. The van der Waals surface area contributed by atoms with Crippen molar-refractivity contribution in [3.05, 3.63) is 0 Å². The van der Waals surface area contributed by atoms with Crippen LogP contribution >= 0.6 is 11.6 Å². The third-order valence-corrected chi connectivity index (χ3v) is 4.10. The third kappa shape index (κ3) is 1.19. The minimum Gasteiger partial charge on any atom is -0.396 e. The fraction of sp³-hybridized carbons (Fsp3) is 1.00. The molecule has 0 radical (unpaired) electrons. The van der Waals surface area contributed by atoms with Gasteiger partial charge in [-0.1, -0.05) is 6.42 Å². The van der Waals surface area contributed by atoms with Crippen LogP contribution in [0, 0.1) is 17.8 Å². The van der Waals surface area contributed by atoms with Crippen LogP contribution in [-0.4, -0.2) is 17.1 Å².